The van der Waals surface area contributed by atoms with Crippen LogP contribution >= 0.6 is 0 Å². The van der Waals surface area contributed by atoms with E-state index in [-0.39, 0.29) is 42.7 Å². The van der Waals surface area contributed by atoms with Crippen LogP contribution in [0.2, 0.25) is 0 Å². The Bertz CT molecular complexity index is 977. The van der Waals surface area contributed by atoms with Crippen molar-refractivity contribution in [1.29, 1.82) is 0 Å². The van der Waals surface area contributed by atoms with Gasteiger partial charge in [0.2, 0.25) is 17.6 Å². The van der Waals surface area contributed by atoms with Crippen LogP contribution in [0.25, 0.3) is 0 Å². The van der Waals surface area contributed by atoms with E-state index < -0.39 is 47.7 Å². The molecule has 0 spiro atoms. The van der Waals surface area contributed by atoms with Gasteiger partial charge in [0, 0.05) is 6.54 Å². The maximum Gasteiger partial charge on any atom is 0.325 e. The highest BCUT2D eigenvalue weighted by Crippen LogP contribution is 2.35. The third kappa shape index (κ3) is 8.65. The fourth-order valence-electron chi connectivity index (χ4n) is 6.40. The fourth-order valence-corrected chi connectivity index (χ4v) is 6.40. The molecule has 41 heavy (non-hydrogen) atoms. The van der Waals surface area contributed by atoms with Crippen molar-refractivity contribution in [3.8, 4) is 0 Å². The molecule has 3 aliphatic rings. The molecule has 0 radical (unpaired) electrons. The second-order valence-electron chi connectivity index (χ2n) is 12.0. The summed E-state index contributed by atoms with van der Waals surface area (Å²) in [5.41, 5.74) is 5.30. The largest absolute Gasteiger partial charge is 0.465 e. The number of esters is 1. The summed E-state index contributed by atoms with van der Waals surface area (Å²) in [5, 5.41) is 8.03. The number of ketones is 1. The lowest BCUT2D eigenvalue weighted by Gasteiger charge is -2.36. The molecule has 5 amide bonds. The fraction of sp³-hybridized carbons (Fsp3) is 0.793. The van der Waals surface area contributed by atoms with Gasteiger partial charge in [-0.2, -0.15) is 0 Å². The van der Waals surface area contributed by atoms with Crippen molar-refractivity contribution in [3.05, 3.63) is 0 Å². The molecule has 0 aromatic heterocycles. The second-order valence-corrected chi connectivity index (χ2v) is 12.0. The topological polar surface area (TPSA) is 177 Å². The lowest BCUT2D eigenvalue weighted by atomic mass is 9.80. The van der Waals surface area contributed by atoms with Gasteiger partial charge in [-0.15, -0.1) is 0 Å². The van der Waals surface area contributed by atoms with E-state index in [1.807, 2.05) is 13.8 Å². The van der Waals surface area contributed by atoms with E-state index in [0.717, 1.165) is 51.4 Å². The maximum absolute atomic E-state index is 14.1. The third-order valence-corrected chi connectivity index (χ3v) is 8.89. The summed E-state index contributed by atoms with van der Waals surface area (Å²) in [6, 6.07) is -3.42. The van der Waals surface area contributed by atoms with Crippen LogP contribution in [0.5, 0.6) is 0 Å². The third-order valence-electron chi connectivity index (χ3n) is 8.89. The van der Waals surface area contributed by atoms with Crippen LogP contribution in [0.15, 0.2) is 0 Å². The molecular formula is C29H47N5O7. The number of nitrogens with two attached hydrogens (primary N) is 1. The Kier molecular flexibility index (Phi) is 12.0. The highest BCUT2D eigenvalue weighted by molar-refractivity contribution is 6.37. The first kappa shape index (κ1) is 32.3. The predicted octanol–water partition coefficient (Wildman–Crippen LogP) is 1.40. The van der Waals surface area contributed by atoms with E-state index in [2.05, 4.69) is 16.0 Å². The Morgan fingerprint density at radius 2 is 1.61 bits per heavy atom. The molecule has 0 aromatic carbocycles. The molecule has 230 valence electrons. The summed E-state index contributed by atoms with van der Waals surface area (Å²) >= 11 is 0. The summed E-state index contributed by atoms with van der Waals surface area (Å²) in [5.74, 6) is -3.33. The van der Waals surface area contributed by atoms with Gasteiger partial charge in [-0.05, 0) is 56.3 Å². The summed E-state index contributed by atoms with van der Waals surface area (Å²) in [7, 11) is 0. The van der Waals surface area contributed by atoms with E-state index in [9.17, 15) is 28.8 Å². The van der Waals surface area contributed by atoms with Gasteiger partial charge >= 0.3 is 12.0 Å². The normalized spacial score (nSPS) is 22.8. The average Bonchev–Trinajstić information content (AvgIpc) is 3.37. The molecule has 5 N–H and O–H groups in total. The highest BCUT2D eigenvalue weighted by Gasteiger charge is 2.47. The summed E-state index contributed by atoms with van der Waals surface area (Å²) in [4.78, 5) is 78.3. The molecule has 1 saturated heterocycles. The van der Waals surface area contributed by atoms with Gasteiger partial charge in [-0.3, -0.25) is 24.0 Å². The van der Waals surface area contributed by atoms with Crippen molar-refractivity contribution in [2.24, 2.45) is 29.4 Å². The van der Waals surface area contributed by atoms with Crippen LogP contribution in [0.1, 0.15) is 85.0 Å². The number of primary amides is 1. The molecule has 12 nitrogen and oxygen atoms in total. The van der Waals surface area contributed by atoms with Crippen LogP contribution in [0, 0.1) is 23.7 Å². The van der Waals surface area contributed by atoms with Crippen molar-refractivity contribution in [1.82, 2.24) is 20.9 Å². The quantitative estimate of drug-likeness (QED) is 0.189. The maximum atomic E-state index is 14.1. The summed E-state index contributed by atoms with van der Waals surface area (Å²) in [6.07, 6.45) is 8.23. The minimum Gasteiger partial charge on any atom is -0.465 e. The summed E-state index contributed by atoms with van der Waals surface area (Å²) in [6.45, 7) is 5.82. The number of nitrogens with one attached hydrogen (secondary N) is 3. The number of likely N-dealkylation sites (tertiary alicyclic amines) is 1. The molecular weight excluding hydrogens is 530 g/mol. The van der Waals surface area contributed by atoms with Crippen LogP contribution in [-0.4, -0.2) is 78.2 Å². The van der Waals surface area contributed by atoms with Gasteiger partial charge in [0.05, 0.1) is 12.6 Å². The Balaban J connectivity index is 1.81. The molecule has 2 saturated carbocycles. The molecule has 3 rings (SSSR count). The van der Waals surface area contributed by atoms with Crippen molar-refractivity contribution < 1.29 is 33.5 Å². The smallest absolute Gasteiger partial charge is 0.325 e. The average molecular weight is 578 g/mol. The van der Waals surface area contributed by atoms with E-state index in [4.69, 9.17) is 10.5 Å². The van der Waals surface area contributed by atoms with E-state index >= 15 is 0 Å². The first-order valence-electron chi connectivity index (χ1n) is 15.2. The van der Waals surface area contributed by atoms with Gasteiger partial charge in [0.1, 0.15) is 18.6 Å². The lowest BCUT2D eigenvalue weighted by molar-refractivity contribution is -0.144. The molecule has 1 heterocycles. The number of amides is 5. The second kappa shape index (κ2) is 15.2. The number of carbonyl (C=O) groups excluding carboxylic acids is 6. The van der Waals surface area contributed by atoms with Crippen molar-refractivity contribution in [3.63, 3.8) is 0 Å². The molecule has 4 atom stereocenters. The number of carbonyl (C=O) groups is 6. The number of nitrogens with zero attached hydrogens (tertiary/aromatic N) is 1. The molecule has 1 unspecified atom stereocenters. The molecule has 0 bridgehead atoms. The van der Waals surface area contributed by atoms with Crippen molar-refractivity contribution in [2.75, 3.05) is 19.7 Å². The van der Waals surface area contributed by atoms with Gasteiger partial charge in [-0.1, -0.05) is 52.4 Å². The molecule has 12 heteroatoms. The Labute approximate surface area is 242 Å². The Hall–Kier alpha value is -3.18. The van der Waals surface area contributed by atoms with Crippen molar-refractivity contribution in [2.45, 2.75) is 103 Å². The number of hydrogen-bond donors (Lipinski definition) is 4. The minimum atomic E-state index is -1.09. The van der Waals surface area contributed by atoms with Crippen LogP contribution in [0.4, 0.5) is 4.79 Å². The van der Waals surface area contributed by atoms with Crippen LogP contribution in [-0.2, 0) is 28.7 Å². The standard InChI is InChI=1S/C29H47N5O7/c1-4-41-22(35)16-31-29(40)33-23(19-11-6-5-7-12-19)28(39)34-14-13-20(17(2)3)24(34)27(38)32-21(25(36)26(30)37)15-18-9-8-10-18/h17-21,23-24H,4-16H2,1-3H3,(H2,30,37)(H,32,38)(H2,31,33,40)/t20-,21?,23+,24+/m1/s1. The number of urea groups is 1. The first-order valence-corrected chi connectivity index (χ1v) is 15.2. The minimum absolute atomic E-state index is 0.0643. The molecule has 2 aliphatic carbocycles. The Morgan fingerprint density at radius 1 is 0.927 bits per heavy atom. The van der Waals surface area contributed by atoms with Crippen molar-refractivity contribution >= 4 is 35.5 Å². The lowest BCUT2D eigenvalue weighted by Crippen LogP contribution is -2.60. The summed E-state index contributed by atoms with van der Waals surface area (Å²) < 4.78 is 4.86. The predicted molar refractivity (Wildman–Crippen MR) is 150 cm³/mol. The Morgan fingerprint density at radius 3 is 2.17 bits per heavy atom. The molecule has 3 fully saturated rings. The van der Waals surface area contributed by atoms with Gasteiger partial charge in [0.15, 0.2) is 0 Å². The van der Waals surface area contributed by atoms with Crippen LogP contribution < -0.4 is 21.7 Å². The number of ether oxygens (including phenoxy) is 1. The van der Waals surface area contributed by atoms with E-state index in [1.165, 1.54) is 4.90 Å². The molecule has 1 aliphatic heterocycles. The zero-order valence-electron chi connectivity index (χ0n) is 24.6. The monoisotopic (exact) mass is 577 g/mol. The van der Waals surface area contributed by atoms with Gasteiger partial charge in [-0.25, -0.2) is 4.79 Å². The SMILES string of the molecule is CCOC(=O)CNC(=O)N[C@H](C(=O)N1CC[C@H](C(C)C)[C@H]1C(=O)NC(CC1CCC1)C(=O)C(N)=O)C1CCCCC1. The highest BCUT2D eigenvalue weighted by atomic mass is 16.5. The van der Waals surface area contributed by atoms with Crippen LogP contribution in [0.3, 0.4) is 0 Å². The number of Topliss-reactive ketones (excluding diaryl/α,β-unsaturated/α-hetero) is 1. The van der Waals surface area contributed by atoms with Gasteiger partial charge < -0.3 is 31.3 Å². The number of rotatable bonds is 13. The number of hydrogen-bond acceptors (Lipinski definition) is 7. The van der Waals surface area contributed by atoms with E-state index in [1.54, 1.807) is 6.92 Å². The molecule has 0 aromatic rings. The zero-order valence-corrected chi connectivity index (χ0v) is 24.6. The van der Waals surface area contributed by atoms with E-state index in [0.29, 0.717) is 19.4 Å². The zero-order chi connectivity index (χ0) is 30.1. The van der Waals surface area contributed by atoms with Gasteiger partial charge in [0.25, 0.3) is 5.91 Å². The first-order chi connectivity index (χ1) is 19.5.